The molecule has 1 nitrogen and oxygen atoms in total. The minimum atomic E-state index is -4.34. The lowest BCUT2D eigenvalue weighted by molar-refractivity contribution is -0.180. The second-order valence-electron chi connectivity index (χ2n) is 5.15. The highest BCUT2D eigenvalue weighted by atomic mass is 79.9. The van der Waals surface area contributed by atoms with Gasteiger partial charge in [0.2, 0.25) is 0 Å². The van der Waals surface area contributed by atoms with Gasteiger partial charge in [0.05, 0.1) is 16.4 Å². The smallest absolute Gasteiger partial charge is 0.370 e. The predicted molar refractivity (Wildman–Crippen MR) is 76.0 cm³/mol. The Labute approximate surface area is 127 Å². The second kappa shape index (κ2) is 5.26. The maximum atomic E-state index is 14.0. The van der Waals surface area contributed by atoms with Crippen molar-refractivity contribution in [2.75, 3.05) is 0 Å². The Morgan fingerprint density at radius 3 is 2.65 bits per heavy atom. The van der Waals surface area contributed by atoms with E-state index < -0.39 is 23.5 Å². The fraction of sp³-hybridized carbons (Fsp3) is 0.462. The van der Waals surface area contributed by atoms with Crippen LogP contribution in [0.2, 0.25) is 0 Å². The first-order valence-electron chi connectivity index (χ1n) is 5.95. The summed E-state index contributed by atoms with van der Waals surface area (Å²) in [4.78, 5) is 0.112. The zero-order chi connectivity index (χ0) is 15.1. The summed E-state index contributed by atoms with van der Waals surface area (Å²) < 4.78 is 53.5. The van der Waals surface area contributed by atoms with Crippen molar-refractivity contribution in [3.8, 4) is 0 Å². The molecule has 110 valence electrons. The zero-order valence-corrected chi connectivity index (χ0v) is 12.9. The van der Waals surface area contributed by atoms with Crippen molar-refractivity contribution >= 4 is 33.1 Å². The fourth-order valence-corrected chi connectivity index (χ4v) is 3.32. The Bertz CT molecular complexity index is 546. The van der Waals surface area contributed by atoms with Crippen molar-refractivity contribution in [2.24, 2.45) is 5.92 Å². The summed E-state index contributed by atoms with van der Waals surface area (Å²) in [6, 6.07) is 4.22. The Morgan fingerprint density at radius 2 is 2.05 bits per heavy atom. The molecule has 2 atom stereocenters. The number of nitrogens with one attached hydrogen (secondary N) is 1. The molecule has 1 fully saturated rings. The first kappa shape index (κ1) is 15.7. The third-order valence-corrected chi connectivity index (χ3v) is 4.25. The zero-order valence-electron chi connectivity index (χ0n) is 10.5. The molecule has 1 heterocycles. The molecule has 0 bridgehead atoms. The van der Waals surface area contributed by atoms with E-state index in [0.29, 0.717) is 4.47 Å². The summed E-state index contributed by atoms with van der Waals surface area (Å²) in [5, 5.41) is 2.85. The number of hydrogen-bond acceptors (Lipinski definition) is 1. The van der Waals surface area contributed by atoms with Gasteiger partial charge in [-0.05, 0) is 31.5 Å². The van der Waals surface area contributed by atoms with E-state index in [4.69, 9.17) is 12.2 Å². The van der Waals surface area contributed by atoms with Crippen LogP contribution in [-0.2, 0) is 5.54 Å². The molecule has 1 saturated heterocycles. The molecule has 2 unspecified atom stereocenters. The van der Waals surface area contributed by atoms with Gasteiger partial charge >= 0.3 is 6.18 Å². The molecule has 1 aliphatic heterocycles. The maximum Gasteiger partial charge on any atom is 0.392 e. The minimum absolute atomic E-state index is 0.112. The largest absolute Gasteiger partial charge is 0.392 e. The van der Waals surface area contributed by atoms with Crippen LogP contribution in [0.5, 0.6) is 0 Å². The van der Waals surface area contributed by atoms with E-state index in [1.165, 1.54) is 18.2 Å². The molecular formula is C13H12BrF4NS. The van der Waals surface area contributed by atoms with Gasteiger partial charge in [0.1, 0.15) is 5.82 Å². The molecule has 1 aliphatic rings. The highest BCUT2D eigenvalue weighted by Gasteiger charge is 2.48. The minimum Gasteiger partial charge on any atom is -0.370 e. The van der Waals surface area contributed by atoms with Gasteiger partial charge in [0, 0.05) is 16.5 Å². The number of alkyl halides is 3. The van der Waals surface area contributed by atoms with Gasteiger partial charge in [-0.2, -0.15) is 13.2 Å². The lowest BCUT2D eigenvalue weighted by Crippen LogP contribution is -2.52. The third kappa shape index (κ3) is 3.14. The van der Waals surface area contributed by atoms with Crippen LogP contribution in [0, 0.1) is 11.7 Å². The molecule has 2 rings (SSSR count). The van der Waals surface area contributed by atoms with Gasteiger partial charge in [0.15, 0.2) is 0 Å². The second-order valence-corrected chi connectivity index (χ2v) is 6.56. The van der Waals surface area contributed by atoms with Crippen LogP contribution in [0.15, 0.2) is 22.7 Å². The van der Waals surface area contributed by atoms with Crippen molar-refractivity contribution in [1.82, 2.24) is 5.32 Å². The SMILES string of the molecule is CC1(c2cc(Br)ccc2F)CC(C(F)(F)F)CC(=S)N1. The van der Waals surface area contributed by atoms with E-state index in [-0.39, 0.29) is 23.4 Å². The van der Waals surface area contributed by atoms with Crippen LogP contribution in [0.1, 0.15) is 25.3 Å². The first-order chi connectivity index (χ1) is 9.12. The van der Waals surface area contributed by atoms with Crippen LogP contribution in [0.3, 0.4) is 0 Å². The summed E-state index contributed by atoms with van der Waals surface area (Å²) in [6.45, 7) is 1.54. The maximum absolute atomic E-state index is 14.0. The summed E-state index contributed by atoms with van der Waals surface area (Å²) in [6.07, 6.45) is -4.83. The quantitative estimate of drug-likeness (QED) is 0.569. The van der Waals surface area contributed by atoms with Crippen molar-refractivity contribution in [1.29, 1.82) is 0 Å². The lowest BCUT2D eigenvalue weighted by Gasteiger charge is -2.41. The molecule has 0 saturated carbocycles. The van der Waals surface area contributed by atoms with Crippen LogP contribution >= 0.6 is 28.1 Å². The summed E-state index contributed by atoms with van der Waals surface area (Å²) in [7, 11) is 0. The van der Waals surface area contributed by atoms with Gasteiger partial charge in [0.25, 0.3) is 0 Å². The normalized spacial score (nSPS) is 27.3. The molecule has 7 heteroatoms. The van der Waals surface area contributed by atoms with Crippen LogP contribution in [0.4, 0.5) is 17.6 Å². The molecule has 0 aromatic heterocycles. The summed E-state index contributed by atoms with van der Waals surface area (Å²) in [5.41, 5.74) is -0.980. The number of halogens is 5. The molecule has 0 amide bonds. The van der Waals surface area contributed by atoms with Gasteiger partial charge < -0.3 is 5.32 Å². The number of rotatable bonds is 1. The van der Waals surface area contributed by atoms with Crippen LogP contribution in [0.25, 0.3) is 0 Å². The predicted octanol–water partition coefficient (Wildman–Crippen LogP) is 4.69. The number of benzene rings is 1. The van der Waals surface area contributed by atoms with Gasteiger partial charge in [-0.15, -0.1) is 0 Å². The molecule has 0 spiro atoms. The van der Waals surface area contributed by atoms with E-state index in [1.54, 1.807) is 6.92 Å². The summed E-state index contributed by atoms with van der Waals surface area (Å²) >= 11 is 8.14. The molecule has 0 radical (unpaired) electrons. The van der Waals surface area contributed by atoms with Crippen LogP contribution in [-0.4, -0.2) is 11.2 Å². The van der Waals surface area contributed by atoms with E-state index >= 15 is 0 Å². The van der Waals surface area contributed by atoms with Crippen molar-refractivity contribution in [2.45, 2.75) is 31.5 Å². The van der Waals surface area contributed by atoms with E-state index in [0.717, 1.165) is 0 Å². The van der Waals surface area contributed by atoms with Crippen molar-refractivity contribution < 1.29 is 17.6 Å². The lowest BCUT2D eigenvalue weighted by atomic mass is 9.78. The summed E-state index contributed by atoms with van der Waals surface area (Å²) in [5.74, 6) is -2.10. The molecule has 1 aromatic rings. The average Bonchev–Trinajstić information content (AvgIpc) is 2.30. The monoisotopic (exact) mass is 369 g/mol. The van der Waals surface area contributed by atoms with E-state index in [9.17, 15) is 17.6 Å². The topological polar surface area (TPSA) is 12.0 Å². The van der Waals surface area contributed by atoms with E-state index in [2.05, 4.69) is 21.2 Å². The number of hydrogen-bond donors (Lipinski definition) is 1. The average molecular weight is 370 g/mol. The van der Waals surface area contributed by atoms with E-state index in [1.807, 2.05) is 0 Å². The number of thiocarbonyl (C=S) groups is 1. The highest BCUT2D eigenvalue weighted by molar-refractivity contribution is 9.10. The Kier molecular flexibility index (Phi) is 4.12. The molecular weight excluding hydrogens is 358 g/mol. The fourth-order valence-electron chi connectivity index (χ4n) is 2.53. The number of piperidine rings is 1. The molecule has 0 aliphatic carbocycles. The van der Waals surface area contributed by atoms with Crippen molar-refractivity contribution in [3.63, 3.8) is 0 Å². The first-order valence-corrected chi connectivity index (χ1v) is 7.15. The van der Waals surface area contributed by atoms with Crippen LogP contribution < -0.4 is 5.32 Å². The third-order valence-electron chi connectivity index (χ3n) is 3.49. The highest BCUT2D eigenvalue weighted by Crippen LogP contribution is 2.42. The van der Waals surface area contributed by atoms with Gasteiger partial charge in [-0.3, -0.25) is 0 Å². The molecule has 1 N–H and O–H groups in total. The van der Waals surface area contributed by atoms with Gasteiger partial charge in [-0.1, -0.05) is 28.1 Å². The van der Waals surface area contributed by atoms with Gasteiger partial charge in [-0.25, -0.2) is 4.39 Å². The Balaban J connectivity index is 2.42. The molecule has 20 heavy (non-hydrogen) atoms. The molecule has 1 aromatic carbocycles. The standard InChI is InChI=1S/C13H12BrF4NS/c1-12(9-5-8(14)2-3-10(9)15)6-7(13(16,17)18)4-11(20)19-12/h2-3,5,7H,4,6H2,1H3,(H,19,20). The Morgan fingerprint density at radius 1 is 1.40 bits per heavy atom. The Hall–Kier alpha value is -0.690. The van der Waals surface area contributed by atoms with Crippen molar-refractivity contribution in [3.05, 3.63) is 34.1 Å².